The van der Waals surface area contributed by atoms with Crippen molar-refractivity contribution in [3.63, 3.8) is 0 Å². The number of oxime groups is 1. The molecule has 2 rings (SSSR count). The van der Waals surface area contributed by atoms with Crippen molar-refractivity contribution in [1.29, 1.82) is 0 Å². The molecule has 17 heavy (non-hydrogen) atoms. The van der Waals surface area contributed by atoms with Gasteiger partial charge in [0, 0.05) is 11.1 Å². The van der Waals surface area contributed by atoms with Crippen molar-refractivity contribution < 1.29 is 9.23 Å². The van der Waals surface area contributed by atoms with E-state index in [2.05, 4.69) is 5.16 Å². The Hall–Kier alpha value is -2.16. The van der Waals surface area contributed by atoms with Crippen LogP contribution in [0.1, 0.15) is 11.1 Å². The fourth-order valence-electron chi connectivity index (χ4n) is 1.60. The first-order chi connectivity index (χ1) is 8.33. The van der Waals surface area contributed by atoms with Crippen LogP contribution >= 0.6 is 0 Å². The van der Waals surface area contributed by atoms with Gasteiger partial charge in [0.15, 0.2) is 0 Å². The molecule has 2 aromatic carbocycles. The smallest absolute Gasteiger partial charge is 0.132 e. The Kier molecular flexibility index (Phi) is 3.50. The van der Waals surface area contributed by atoms with E-state index >= 15 is 0 Å². The van der Waals surface area contributed by atoms with E-state index < -0.39 is 0 Å². The molecule has 0 amide bonds. The molecule has 0 aromatic heterocycles. The molecule has 86 valence electrons. The number of nitrogens with zero attached hydrogens (tertiary/aromatic N) is 1. The van der Waals surface area contributed by atoms with Gasteiger partial charge in [-0.3, -0.25) is 0 Å². The predicted molar refractivity (Wildman–Crippen MR) is 65.5 cm³/mol. The van der Waals surface area contributed by atoms with Gasteiger partial charge >= 0.3 is 0 Å². The SMILES string of the molecule is CO/N=C(\c1ccccc1)c1ccccc1F. The normalized spacial score (nSPS) is 11.3. The Morgan fingerprint density at radius 1 is 1.00 bits per heavy atom. The van der Waals surface area contributed by atoms with E-state index in [1.165, 1.54) is 13.2 Å². The molecule has 0 unspecified atom stereocenters. The molecule has 0 aliphatic rings. The first-order valence-corrected chi connectivity index (χ1v) is 5.24. The van der Waals surface area contributed by atoms with Gasteiger partial charge in [-0.2, -0.15) is 0 Å². The highest BCUT2D eigenvalue weighted by molar-refractivity contribution is 6.12. The van der Waals surface area contributed by atoms with Gasteiger partial charge in [-0.25, -0.2) is 4.39 Å². The summed E-state index contributed by atoms with van der Waals surface area (Å²) in [7, 11) is 1.45. The zero-order valence-electron chi connectivity index (χ0n) is 9.43. The van der Waals surface area contributed by atoms with Gasteiger partial charge in [0.05, 0.1) is 0 Å². The van der Waals surface area contributed by atoms with Crippen molar-refractivity contribution in [3.05, 3.63) is 71.5 Å². The van der Waals surface area contributed by atoms with E-state index in [0.29, 0.717) is 11.3 Å². The summed E-state index contributed by atoms with van der Waals surface area (Å²) >= 11 is 0. The van der Waals surface area contributed by atoms with Gasteiger partial charge in [-0.05, 0) is 12.1 Å². The maximum atomic E-state index is 13.7. The molecule has 0 aliphatic heterocycles. The lowest BCUT2D eigenvalue weighted by Crippen LogP contribution is -2.06. The summed E-state index contributed by atoms with van der Waals surface area (Å²) in [5, 5.41) is 3.90. The Bertz CT molecular complexity index is 523. The molecular weight excluding hydrogens is 217 g/mol. The minimum Gasteiger partial charge on any atom is -0.399 e. The lowest BCUT2D eigenvalue weighted by Gasteiger charge is -2.06. The quantitative estimate of drug-likeness (QED) is 0.585. The van der Waals surface area contributed by atoms with Crippen molar-refractivity contribution in [1.82, 2.24) is 0 Å². The van der Waals surface area contributed by atoms with Gasteiger partial charge in [-0.15, -0.1) is 0 Å². The van der Waals surface area contributed by atoms with E-state index in [1.807, 2.05) is 30.3 Å². The predicted octanol–water partition coefficient (Wildman–Crippen LogP) is 3.22. The van der Waals surface area contributed by atoms with Crippen LogP contribution in [-0.2, 0) is 4.84 Å². The highest BCUT2D eigenvalue weighted by atomic mass is 19.1. The maximum absolute atomic E-state index is 13.7. The molecule has 0 aliphatic carbocycles. The van der Waals surface area contributed by atoms with Crippen LogP contribution in [0, 0.1) is 5.82 Å². The Morgan fingerprint density at radius 3 is 2.29 bits per heavy atom. The Balaban J connectivity index is 2.52. The minimum absolute atomic E-state index is 0.313. The Labute approximate surface area is 99.3 Å². The molecule has 0 heterocycles. The number of hydrogen-bond acceptors (Lipinski definition) is 2. The van der Waals surface area contributed by atoms with Crippen LogP contribution in [0.25, 0.3) is 0 Å². The topological polar surface area (TPSA) is 21.6 Å². The monoisotopic (exact) mass is 229 g/mol. The largest absolute Gasteiger partial charge is 0.399 e. The average Bonchev–Trinajstić information content (AvgIpc) is 2.38. The summed E-state index contributed by atoms with van der Waals surface area (Å²) in [6.07, 6.45) is 0. The van der Waals surface area contributed by atoms with Gasteiger partial charge in [0.25, 0.3) is 0 Å². The Morgan fingerprint density at radius 2 is 1.65 bits per heavy atom. The fourth-order valence-corrected chi connectivity index (χ4v) is 1.60. The van der Waals surface area contributed by atoms with Crippen molar-refractivity contribution in [2.24, 2.45) is 5.16 Å². The van der Waals surface area contributed by atoms with E-state index in [1.54, 1.807) is 18.2 Å². The van der Waals surface area contributed by atoms with E-state index in [-0.39, 0.29) is 5.82 Å². The third-order valence-electron chi connectivity index (χ3n) is 2.36. The molecule has 0 spiro atoms. The zero-order valence-corrected chi connectivity index (χ0v) is 9.43. The average molecular weight is 229 g/mol. The first kappa shape index (κ1) is 11.3. The van der Waals surface area contributed by atoms with Crippen molar-refractivity contribution >= 4 is 5.71 Å². The third kappa shape index (κ3) is 2.50. The summed E-state index contributed by atoms with van der Waals surface area (Å²) in [5.74, 6) is -0.313. The van der Waals surface area contributed by atoms with Crippen LogP contribution in [0.3, 0.4) is 0 Å². The molecule has 0 saturated carbocycles. The number of benzene rings is 2. The third-order valence-corrected chi connectivity index (χ3v) is 2.36. The number of rotatable bonds is 3. The van der Waals surface area contributed by atoms with Crippen molar-refractivity contribution in [3.8, 4) is 0 Å². The summed E-state index contributed by atoms with van der Waals surface area (Å²) in [6.45, 7) is 0. The molecular formula is C14H12FNO. The van der Waals surface area contributed by atoms with Gasteiger partial charge in [0.2, 0.25) is 0 Å². The molecule has 0 atom stereocenters. The number of hydrogen-bond donors (Lipinski definition) is 0. The van der Waals surface area contributed by atoms with Gasteiger partial charge < -0.3 is 4.84 Å². The number of halogens is 1. The fraction of sp³-hybridized carbons (Fsp3) is 0.0714. The second-order valence-corrected chi connectivity index (χ2v) is 3.47. The van der Waals surface area contributed by atoms with Crippen molar-refractivity contribution in [2.45, 2.75) is 0 Å². The van der Waals surface area contributed by atoms with Crippen molar-refractivity contribution in [2.75, 3.05) is 7.11 Å². The van der Waals surface area contributed by atoms with Crippen LogP contribution in [0.15, 0.2) is 59.8 Å². The lowest BCUT2D eigenvalue weighted by atomic mass is 10.0. The highest BCUT2D eigenvalue weighted by Gasteiger charge is 2.11. The highest BCUT2D eigenvalue weighted by Crippen LogP contribution is 2.14. The van der Waals surface area contributed by atoms with Crippen LogP contribution < -0.4 is 0 Å². The molecule has 2 nitrogen and oxygen atoms in total. The van der Waals surface area contributed by atoms with Crippen LogP contribution in [-0.4, -0.2) is 12.8 Å². The molecule has 2 aromatic rings. The summed E-state index contributed by atoms with van der Waals surface area (Å²) in [4.78, 5) is 4.79. The molecule has 0 N–H and O–H groups in total. The lowest BCUT2D eigenvalue weighted by molar-refractivity contribution is 0.214. The van der Waals surface area contributed by atoms with Crippen LogP contribution in [0.4, 0.5) is 4.39 Å². The summed E-state index contributed by atoms with van der Waals surface area (Å²) in [6, 6.07) is 15.9. The minimum atomic E-state index is -0.313. The second kappa shape index (κ2) is 5.25. The van der Waals surface area contributed by atoms with E-state index in [9.17, 15) is 4.39 Å². The van der Waals surface area contributed by atoms with Crippen LogP contribution in [0.2, 0.25) is 0 Å². The summed E-state index contributed by atoms with van der Waals surface area (Å²) in [5.41, 5.74) is 1.74. The molecule has 3 heteroatoms. The molecule has 0 radical (unpaired) electrons. The standard InChI is InChI=1S/C14H12FNO/c1-17-16-14(11-7-3-2-4-8-11)12-9-5-6-10-13(12)15/h2-10H,1H3/b16-14+. The zero-order chi connectivity index (χ0) is 12.1. The second-order valence-electron chi connectivity index (χ2n) is 3.47. The molecule has 0 bridgehead atoms. The molecule has 0 fully saturated rings. The van der Waals surface area contributed by atoms with Gasteiger partial charge in [-0.1, -0.05) is 47.6 Å². The van der Waals surface area contributed by atoms with Gasteiger partial charge in [0.1, 0.15) is 18.6 Å². The summed E-state index contributed by atoms with van der Waals surface area (Å²) < 4.78 is 13.7. The van der Waals surface area contributed by atoms with E-state index in [0.717, 1.165) is 5.56 Å². The molecule has 0 saturated heterocycles. The first-order valence-electron chi connectivity index (χ1n) is 5.24. The van der Waals surface area contributed by atoms with Crippen LogP contribution in [0.5, 0.6) is 0 Å². The maximum Gasteiger partial charge on any atom is 0.132 e. The van der Waals surface area contributed by atoms with E-state index in [4.69, 9.17) is 4.84 Å².